The molecule has 0 saturated heterocycles. The standard InChI is InChI=1S/C17H16N3O2.ClH/c1-2-18-15-5-3-4-6-16(15)19-14-9-8-13(20(21)22)11-12(14)7-10-17(18)19;/h3-11,15-16H,2H2,1H3;1H/q+1;/p-1. The van der Waals surface area contributed by atoms with Gasteiger partial charge in [-0.25, -0.2) is 4.57 Å². The van der Waals surface area contributed by atoms with Gasteiger partial charge in [-0.05, 0) is 31.2 Å². The second-order valence-electron chi connectivity index (χ2n) is 5.60. The summed E-state index contributed by atoms with van der Waals surface area (Å²) in [4.78, 5) is 13.0. The molecule has 1 aliphatic carbocycles. The molecule has 2 aromatic rings. The Labute approximate surface area is 140 Å². The van der Waals surface area contributed by atoms with E-state index in [2.05, 4.69) is 46.8 Å². The molecule has 0 bridgehead atoms. The molecule has 0 radical (unpaired) electrons. The van der Waals surface area contributed by atoms with Crippen LogP contribution in [-0.4, -0.2) is 17.5 Å². The maximum atomic E-state index is 11.0. The number of hydrogen-bond acceptors (Lipinski definition) is 3. The fourth-order valence-corrected chi connectivity index (χ4v) is 3.56. The molecule has 0 fully saturated rings. The van der Waals surface area contributed by atoms with E-state index in [0.717, 1.165) is 23.3 Å². The highest BCUT2D eigenvalue weighted by molar-refractivity contribution is 5.79. The van der Waals surface area contributed by atoms with Crippen LogP contribution in [0.15, 0.2) is 54.6 Å². The zero-order chi connectivity index (χ0) is 15.3. The summed E-state index contributed by atoms with van der Waals surface area (Å²) in [7, 11) is 0. The summed E-state index contributed by atoms with van der Waals surface area (Å²) in [5, 5.41) is 11.9. The molecule has 0 saturated carbocycles. The molecule has 2 heterocycles. The van der Waals surface area contributed by atoms with Gasteiger partial charge in [0.1, 0.15) is 5.52 Å². The maximum Gasteiger partial charge on any atom is 0.278 e. The van der Waals surface area contributed by atoms with Crippen LogP contribution in [0.3, 0.4) is 0 Å². The number of anilines is 1. The molecule has 2 aliphatic rings. The second kappa shape index (κ2) is 5.66. The van der Waals surface area contributed by atoms with Crippen molar-refractivity contribution in [3.8, 4) is 0 Å². The molecule has 118 valence electrons. The Morgan fingerprint density at radius 1 is 1.22 bits per heavy atom. The first-order chi connectivity index (χ1) is 10.7. The molecule has 0 N–H and O–H groups in total. The number of pyridine rings is 1. The van der Waals surface area contributed by atoms with Crippen molar-refractivity contribution >= 4 is 22.4 Å². The van der Waals surface area contributed by atoms with Crippen molar-refractivity contribution in [1.82, 2.24) is 0 Å². The monoisotopic (exact) mass is 329 g/mol. The highest BCUT2D eigenvalue weighted by atomic mass is 35.5. The Morgan fingerprint density at radius 3 is 2.74 bits per heavy atom. The maximum absolute atomic E-state index is 11.0. The van der Waals surface area contributed by atoms with E-state index in [9.17, 15) is 10.1 Å². The molecule has 0 spiro atoms. The number of hydrogen-bond donors (Lipinski definition) is 0. The van der Waals surface area contributed by atoms with Gasteiger partial charge in [-0.15, -0.1) is 0 Å². The summed E-state index contributed by atoms with van der Waals surface area (Å²) in [6.07, 6.45) is 8.58. The first-order valence-electron chi connectivity index (χ1n) is 7.45. The zero-order valence-electron chi connectivity index (χ0n) is 12.6. The minimum absolute atomic E-state index is 0. The molecule has 1 aliphatic heterocycles. The fourth-order valence-electron chi connectivity index (χ4n) is 3.56. The van der Waals surface area contributed by atoms with Gasteiger partial charge in [0, 0.05) is 23.6 Å². The molecule has 2 atom stereocenters. The smallest absolute Gasteiger partial charge is 0.278 e. The third kappa shape index (κ3) is 2.19. The Kier molecular flexibility index (Phi) is 3.82. The summed E-state index contributed by atoms with van der Waals surface area (Å²) in [6, 6.07) is 9.69. The van der Waals surface area contributed by atoms with Gasteiger partial charge >= 0.3 is 0 Å². The van der Waals surface area contributed by atoms with Crippen LogP contribution in [0.5, 0.6) is 0 Å². The highest BCUT2D eigenvalue weighted by Gasteiger charge is 2.44. The molecule has 5 nitrogen and oxygen atoms in total. The Bertz CT molecular complexity index is 847. The Hall–Kier alpha value is -2.40. The summed E-state index contributed by atoms with van der Waals surface area (Å²) in [5.74, 6) is 1.16. The van der Waals surface area contributed by atoms with E-state index in [1.807, 2.05) is 12.1 Å². The van der Waals surface area contributed by atoms with Crippen molar-refractivity contribution in [3.63, 3.8) is 0 Å². The number of aromatic nitrogens is 1. The van der Waals surface area contributed by atoms with E-state index in [1.165, 1.54) is 0 Å². The predicted octanol–water partition coefficient (Wildman–Crippen LogP) is -0.0849. The lowest BCUT2D eigenvalue weighted by Gasteiger charge is -2.17. The highest BCUT2D eigenvalue weighted by Crippen LogP contribution is 2.33. The van der Waals surface area contributed by atoms with Crippen LogP contribution in [0, 0.1) is 10.1 Å². The predicted molar refractivity (Wildman–Crippen MR) is 84.9 cm³/mol. The molecular weight excluding hydrogens is 314 g/mol. The SMILES string of the molecule is CCN1c2ccc3cc([N+](=O)[O-])ccc3[n+]2C2C=CC=CC21.[Cl-]. The number of non-ortho nitro benzene ring substituents is 1. The topological polar surface area (TPSA) is 50.3 Å². The van der Waals surface area contributed by atoms with Crippen LogP contribution >= 0.6 is 0 Å². The van der Waals surface area contributed by atoms with Crippen molar-refractivity contribution in [3.05, 3.63) is 64.8 Å². The lowest BCUT2D eigenvalue weighted by atomic mass is 10.0. The molecule has 4 rings (SSSR count). The summed E-state index contributed by atoms with van der Waals surface area (Å²) >= 11 is 0. The Balaban J connectivity index is 0.00000156. The van der Waals surface area contributed by atoms with Gasteiger partial charge in [0.15, 0.2) is 12.1 Å². The molecule has 1 aromatic heterocycles. The van der Waals surface area contributed by atoms with Gasteiger partial charge in [0.25, 0.3) is 11.5 Å². The van der Waals surface area contributed by atoms with Crippen LogP contribution in [-0.2, 0) is 0 Å². The van der Waals surface area contributed by atoms with E-state index in [4.69, 9.17) is 0 Å². The molecule has 6 heteroatoms. The van der Waals surface area contributed by atoms with Crippen LogP contribution < -0.4 is 21.9 Å². The van der Waals surface area contributed by atoms with Crippen LogP contribution in [0.25, 0.3) is 10.9 Å². The first-order valence-corrected chi connectivity index (χ1v) is 7.45. The number of nitro groups is 1. The number of halogens is 1. The minimum Gasteiger partial charge on any atom is -1.00 e. The number of nitrogens with zero attached hydrogens (tertiary/aromatic N) is 3. The van der Waals surface area contributed by atoms with Crippen molar-refractivity contribution in [2.24, 2.45) is 0 Å². The van der Waals surface area contributed by atoms with Crippen molar-refractivity contribution < 1.29 is 21.9 Å². The second-order valence-corrected chi connectivity index (χ2v) is 5.60. The van der Waals surface area contributed by atoms with E-state index in [0.29, 0.717) is 6.04 Å². The number of likely N-dealkylation sites (N-methyl/N-ethyl adjacent to an activating group) is 1. The van der Waals surface area contributed by atoms with Crippen LogP contribution in [0.1, 0.15) is 13.0 Å². The van der Waals surface area contributed by atoms with Crippen molar-refractivity contribution in [1.29, 1.82) is 0 Å². The van der Waals surface area contributed by atoms with E-state index in [-0.39, 0.29) is 29.1 Å². The third-order valence-corrected chi connectivity index (χ3v) is 4.51. The number of benzene rings is 1. The van der Waals surface area contributed by atoms with E-state index < -0.39 is 0 Å². The van der Waals surface area contributed by atoms with E-state index in [1.54, 1.807) is 12.1 Å². The summed E-state index contributed by atoms with van der Waals surface area (Å²) in [6.45, 7) is 3.08. The lowest BCUT2D eigenvalue weighted by Crippen LogP contribution is -3.00. The van der Waals surface area contributed by atoms with Crippen molar-refractivity contribution in [2.75, 3.05) is 11.4 Å². The summed E-state index contributed by atoms with van der Waals surface area (Å²) < 4.78 is 2.28. The quantitative estimate of drug-likeness (QED) is 0.440. The molecule has 23 heavy (non-hydrogen) atoms. The normalized spacial score (nSPS) is 21.0. The number of nitro benzene ring substituents is 1. The number of rotatable bonds is 2. The molecule has 0 amide bonds. The first kappa shape index (κ1) is 15.5. The zero-order valence-corrected chi connectivity index (χ0v) is 13.3. The Morgan fingerprint density at radius 2 is 2.00 bits per heavy atom. The van der Waals surface area contributed by atoms with Gasteiger partial charge in [-0.1, -0.05) is 12.2 Å². The molecule has 2 unspecified atom stereocenters. The van der Waals surface area contributed by atoms with Gasteiger partial charge in [-0.2, -0.15) is 0 Å². The summed E-state index contributed by atoms with van der Waals surface area (Å²) in [5.41, 5.74) is 1.17. The van der Waals surface area contributed by atoms with Gasteiger partial charge in [-0.3, -0.25) is 15.0 Å². The fraction of sp³-hybridized carbons (Fsp3) is 0.235. The van der Waals surface area contributed by atoms with Crippen molar-refractivity contribution in [2.45, 2.75) is 19.0 Å². The third-order valence-electron chi connectivity index (χ3n) is 4.51. The largest absolute Gasteiger partial charge is 1.00 e. The molecule has 1 aromatic carbocycles. The lowest BCUT2D eigenvalue weighted by molar-refractivity contribution is -0.663. The average molecular weight is 330 g/mol. The number of fused-ring (bicyclic) bond motifs is 5. The molecular formula is C17H16ClN3O2. The van der Waals surface area contributed by atoms with E-state index >= 15 is 0 Å². The van der Waals surface area contributed by atoms with Crippen LogP contribution in [0.4, 0.5) is 11.5 Å². The van der Waals surface area contributed by atoms with Crippen LogP contribution in [0.2, 0.25) is 0 Å². The minimum atomic E-state index is -0.346. The van der Waals surface area contributed by atoms with Gasteiger partial charge < -0.3 is 12.4 Å². The van der Waals surface area contributed by atoms with Gasteiger partial charge in [0.05, 0.1) is 11.5 Å². The number of allylic oxidation sites excluding steroid dienone is 2. The average Bonchev–Trinajstić information content (AvgIpc) is 2.88. The van der Waals surface area contributed by atoms with Gasteiger partial charge in [0.2, 0.25) is 0 Å².